The van der Waals surface area contributed by atoms with E-state index in [-0.39, 0.29) is 16.3 Å². The molecule has 0 bridgehead atoms. The number of ether oxygens (including phenoxy) is 1. The molecule has 26 heavy (non-hydrogen) atoms. The lowest BCUT2D eigenvalue weighted by molar-refractivity contribution is 0.400. The van der Waals surface area contributed by atoms with Crippen molar-refractivity contribution in [1.29, 1.82) is 0 Å². The van der Waals surface area contributed by atoms with Gasteiger partial charge in [-0.2, -0.15) is 0 Å². The summed E-state index contributed by atoms with van der Waals surface area (Å²) in [5.41, 5.74) is -0.158. The molecule has 0 atom stereocenters. The summed E-state index contributed by atoms with van der Waals surface area (Å²) in [4.78, 5) is -1.18. The van der Waals surface area contributed by atoms with Gasteiger partial charge in [-0.05, 0) is 36.4 Å². The molecule has 0 radical (unpaired) electrons. The highest BCUT2D eigenvalue weighted by atomic mass is 32.2. The van der Waals surface area contributed by atoms with Gasteiger partial charge < -0.3 is 4.74 Å². The quantitative estimate of drug-likeness (QED) is 0.792. The maximum atomic E-state index is 13.8. The fourth-order valence-electron chi connectivity index (χ4n) is 2.03. The molecule has 0 unspecified atom stereocenters. The highest BCUT2D eigenvalue weighted by Gasteiger charge is 2.25. The van der Waals surface area contributed by atoms with Gasteiger partial charge in [-0.25, -0.2) is 29.9 Å². The number of rotatable bonds is 6. The van der Waals surface area contributed by atoms with E-state index < -0.39 is 36.6 Å². The first-order valence-electron chi connectivity index (χ1n) is 7.07. The molecule has 0 saturated carbocycles. The monoisotopic (exact) mass is 406 g/mol. The van der Waals surface area contributed by atoms with Crippen LogP contribution in [0.2, 0.25) is 0 Å². The van der Waals surface area contributed by atoms with Crippen molar-refractivity contribution in [2.24, 2.45) is 0 Å². The Morgan fingerprint density at radius 2 is 1.62 bits per heavy atom. The molecule has 0 aliphatic rings. The van der Waals surface area contributed by atoms with Gasteiger partial charge in [0.15, 0.2) is 0 Å². The number of hydrogen-bond donors (Lipinski definition) is 1. The number of methoxy groups -OCH3 is 1. The summed E-state index contributed by atoms with van der Waals surface area (Å²) in [6, 6.07) is 5.50. The van der Waals surface area contributed by atoms with E-state index in [1.807, 2.05) is 4.72 Å². The molecule has 0 aliphatic heterocycles. The summed E-state index contributed by atoms with van der Waals surface area (Å²) in [5.74, 6) is -2.08. The molecule has 0 aromatic heterocycles. The Kier molecular flexibility index (Phi) is 5.54. The number of hydrogen-bond acceptors (Lipinski definition) is 5. The van der Waals surface area contributed by atoms with Crippen LogP contribution in [0.25, 0.3) is 0 Å². The predicted molar refractivity (Wildman–Crippen MR) is 91.0 cm³/mol. The van der Waals surface area contributed by atoms with E-state index in [4.69, 9.17) is 4.74 Å². The summed E-state index contributed by atoms with van der Waals surface area (Å²) in [7, 11) is -4.56. The van der Waals surface area contributed by atoms with E-state index in [0.717, 1.165) is 16.4 Å². The first-order chi connectivity index (χ1) is 12.0. The van der Waals surface area contributed by atoms with Crippen LogP contribution in [0.4, 0.5) is 14.5 Å². The molecular weight excluding hydrogens is 390 g/mol. The van der Waals surface area contributed by atoms with Crippen LogP contribution in [0, 0.1) is 11.6 Å². The van der Waals surface area contributed by atoms with Gasteiger partial charge >= 0.3 is 0 Å². The minimum absolute atomic E-state index is 0.00131. The Hall–Kier alpha value is -2.24. The van der Waals surface area contributed by atoms with E-state index in [0.29, 0.717) is 12.1 Å². The SMILES string of the molecule is COc1ccc(NS(=O)(=O)c2cc(F)ccc2F)cc1S(=O)(=O)N(C)C. The van der Waals surface area contributed by atoms with Gasteiger partial charge in [-0.1, -0.05) is 0 Å². The third kappa shape index (κ3) is 3.94. The van der Waals surface area contributed by atoms with Crippen molar-refractivity contribution in [2.45, 2.75) is 9.79 Å². The second kappa shape index (κ2) is 7.17. The Bertz CT molecular complexity index is 1040. The predicted octanol–water partition coefficient (Wildman–Crippen LogP) is 2.02. The van der Waals surface area contributed by atoms with Crippen molar-refractivity contribution in [3.63, 3.8) is 0 Å². The first-order valence-corrected chi connectivity index (χ1v) is 10.00. The summed E-state index contributed by atoms with van der Waals surface area (Å²) in [6.45, 7) is 0. The van der Waals surface area contributed by atoms with E-state index in [1.165, 1.54) is 33.3 Å². The van der Waals surface area contributed by atoms with Gasteiger partial charge in [0, 0.05) is 14.1 Å². The number of sulfonamides is 2. The second-order valence-corrected chi connectivity index (χ2v) is 9.10. The Morgan fingerprint density at radius 1 is 0.962 bits per heavy atom. The molecule has 0 fully saturated rings. The van der Waals surface area contributed by atoms with Crippen LogP contribution in [-0.2, 0) is 20.0 Å². The molecule has 11 heteroatoms. The van der Waals surface area contributed by atoms with E-state index in [2.05, 4.69) is 0 Å². The molecule has 142 valence electrons. The lowest BCUT2D eigenvalue weighted by atomic mass is 10.3. The van der Waals surface area contributed by atoms with Gasteiger partial charge in [-0.3, -0.25) is 4.72 Å². The average molecular weight is 406 g/mol. The molecule has 1 N–H and O–H groups in total. The van der Waals surface area contributed by atoms with Crippen LogP contribution in [-0.4, -0.2) is 42.3 Å². The Labute approximate surface area is 150 Å². The third-order valence-electron chi connectivity index (χ3n) is 3.36. The minimum atomic E-state index is -4.48. The Morgan fingerprint density at radius 3 is 2.19 bits per heavy atom. The fraction of sp³-hybridized carbons (Fsp3) is 0.200. The number of anilines is 1. The molecule has 0 spiro atoms. The van der Waals surface area contributed by atoms with Crippen LogP contribution < -0.4 is 9.46 Å². The van der Waals surface area contributed by atoms with Gasteiger partial charge in [0.25, 0.3) is 10.0 Å². The van der Waals surface area contributed by atoms with Crippen molar-refractivity contribution >= 4 is 25.7 Å². The zero-order valence-electron chi connectivity index (χ0n) is 14.0. The van der Waals surface area contributed by atoms with Crippen LogP contribution >= 0.6 is 0 Å². The Balaban J connectivity index is 2.52. The summed E-state index contributed by atoms with van der Waals surface area (Å²) in [5, 5.41) is 0. The molecule has 2 rings (SSSR count). The summed E-state index contributed by atoms with van der Waals surface area (Å²) in [6.07, 6.45) is 0. The van der Waals surface area contributed by atoms with Gasteiger partial charge in [0.05, 0.1) is 12.8 Å². The van der Waals surface area contributed by atoms with E-state index in [9.17, 15) is 25.6 Å². The van der Waals surface area contributed by atoms with Crippen molar-refractivity contribution in [1.82, 2.24) is 4.31 Å². The van der Waals surface area contributed by atoms with Crippen molar-refractivity contribution < 1.29 is 30.4 Å². The molecule has 0 heterocycles. The van der Waals surface area contributed by atoms with Gasteiger partial charge in [0.2, 0.25) is 10.0 Å². The molecule has 0 saturated heterocycles. The van der Waals surface area contributed by atoms with Gasteiger partial charge in [0.1, 0.15) is 27.2 Å². The molecule has 7 nitrogen and oxygen atoms in total. The lowest BCUT2D eigenvalue weighted by Gasteiger charge is -2.16. The van der Waals surface area contributed by atoms with Crippen LogP contribution in [0.1, 0.15) is 0 Å². The highest BCUT2D eigenvalue weighted by molar-refractivity contribution is 7.92. The second-order valence-electron chi connectivity index (χ2n) is 5.33. The van der Waals surface area contributed by atoms with Crippen LogP contribution in [0.3, 0.4) is 0 Å². The zero-order valence-corrected chi connectivity index (χ0v) is 15.7. The molecule has 2 aromatic carbocycles. The molecule has 0 amide bonds. The fourth-order valence-corrected chi connectivity index (χ4v) is 4.25. The maximum Gasteiger partial charge on any atom is 0.264 e. The average Bonchev–Trinajstić information content (AvgIpc) is 2.56. The van der Waals surface area contributed by atoms with Crippen LogP contribution in [0.5, 0.6) is 5.75 Å². The van der Waals surface area contributed by atoms with Crippen molar-refractivity contribution in [3.05, 3.63) is 48.0 Å². The largest absolute Gasteiger partial charge is 0.495 e. The first kappa shape index (κ1) is 20.1. The van der Waals surface area contributed by atoms with Crippen LogP contribution in [0.15, 0.2) is 46.2 Å². The number of nitrogens with one attached hydrogen (secondary N) is 1. The highest BCUT2D eigenvalue weighted by Crippen LogP contribution is 2.30. The lowest BCUT2D eigenvalue weighted by Crippen LogP contribution is -2.23. The standard InChI is InChI=1S/C15H16F2N2O5S2/c1-19(2)26(22,23)15-9-11(5-7-13(15)24-3)18-25(20,21)14-8-10(16)4-6-12(14)17/h4-9,18H,1-3H3. The number of nitrogens with zero attached hydrogens (tertiary/aromatic N) is 1. The normalized spacial score (nSPS) is 12.2. The third-order valence-corrected chi connectivity index (χ3v) is 6.59. The maximum absolute atomic E-state index is 13.8. The molecule has 0 aliphatic carbocycles. The smallest absolute Gasteiger partial charge is 0.264 e. The van der Waals surface area contributed by atoms with Gasteiger partial charge in [-0.15, -0.1) is 0 Å². The van der Waals surface area contributed by atoms with Crippen molar-refractivity contribution in [2.75, 3.05) is 25.9 Å². The summed E-state index contributed by atoms with van der Waals surface area (Å²) < 4.78 is 84.3. The number of halogens is 2. The zero-order chi connectivity index (χ0) is 19.7. The molecular formula is C15H16F2N2O5S2. The minimum Gasteiger partial charge on any atom is -0.495 e. The summed E-state index contributed by atoms with van der Waals surface area (Å²) >= 11 is 0. The van der Waals surface area contributed by atoms with E-state index in [1.54, 1.807) is 0 Å². The van der Waals surface area contributed by atoms with E-state index >= 15 is 0 Å². The van der Waals surface area contributed by atoms with Crippen molar-refractivity contribution in [3.8, 4) is 5.75 Å². The molecule has 2 aromatic rings. The number of benzene rings is 2. The topological polar surface area (TPSA) is 92.8 Å².